The number of hydrogen-bond donors (Lipinski definition) is 1. The van der Waals surface area contributed by atoms with E-state index in [4.69, 9.17) is 27.9 Å². The van der Waals surface area contributed by atoms with Crippen molar-refractivity contribution in [3.63, 3.8) is 0 Å². The second kappa shape index (κ2) is 7.71. The van der Waals surface area contributed by atoms with Crippen LogP contribution in [0.1, 0.15) is 23.6 Å². The summed E-state index contributed by atoms with van der Waals surface area (Å²) < 4.78 is 5.71. The molecule has 0 heterocycles. The number of ether oxygens (including phenoxy) is 1. The Balaban J connectivity index is 1.96. The second-order valence-electron chi connectivity index (χ2n) is 5.44. The van der Waals surface area contributed by atoms with Crippen LogP contribution in [0.2, 0.25) is 10.0 Å². The first-order chi connectivity index (χ1) is 10.9. The van der Waals surface area contributed by atoms with E-state index in [2.05, 4.69) is 5.32 Å². The molecule has 1 amide bonds. The molecule has 3 nitrogen and oxygen atoms in total. The van der Waals surface area contributed by atoms with Crippen LogP contribution in [0, 0.1) is 13.8 Å². The van der Waals surface area contributed by atoms with Gasteiger partial charge in [-0.3, -0.25) is 4.79 Å². The molecule has 122 valence electrons. The van der Waals surface area contributed by atoms with Crippen molar-refractivity contribution in [2.75, 3.05) is 0 Å². The van der Waals surface area contributed by atoms with E-state index in [1.807, 2.05) is 44.2 Å². The van der Waals surface area contributed by atoms with Gasteiger partial charge in [0.1, 0.15) is 5.75 Å². The Morgan fingerprint density at radius 2 is 1.78 bits per heavy atom. The van der Waals surface area contributed by atoms with Gasteiger partial charge in [0.15, 0.2) is 6.10 Å². The lowest BCUT2D eigenvalue weighted by atomic mass is 10.1. The normalized spacial score (nSPS) is 11.9. The molecule has 1 N–H and O–H groups in total. The summed E-state index contributed by atoms with van der Waals surface area (Å²) in [5.41, 5.74) is 2.71. The van der Waals surface area contributed by atoms with Crippen molar-refractivity contribution in [2.24, 2.45) is 0 Å². The summed E-state index contributed by atoms with van der Waals surface area (Å²) in [7, 11) is 0. The molecule has 0 aliphatic heterocycles. The zero-order chi connectivity index (χ0) is 17.0. The maximum Gasteiger partial charge on any atom is 0.261 e. The maximum atomic E-state index is 12.2. The summed E-state index contributed by atoms with van der Waals surface area (Å²) in [6, 6.07) is 11.1. The molecule has 0 radical (unpaired) electrons. The van der Waals surface area contributed by atoms with Gasteiger partial charge >= 0.3 is 0 Å². The van der Waals surface area contributed by atoms with Gasteiger partial charge in [0, 0.05) is 16.6 Å². The highest BCUT2D eigenvalue weighted by molar-refractivity contribution is 6.32. The molecule has 0 spiro atoms. The van der Waals surface area contributed by atoms with Gasteiger partial charge in [-0.15, -0.1) is 0 Å². The van der Waals surface area contributed by atoms with Gasteiger partial charge in [-0.1, -0.05) is 41.4 Å². The average Bonchev–Trinajstić information content (AvgIpc) is 2.51. The zero-order valence-electron chi connectivity index (χ0n) is 13.3. The van der Waals surface area contributed by atoms with Crippen molar-refractivity contribution in [1.29, 1.82) is 0 Å². The molecule has 0 aliphatic carbocycles. The number of halogens is 2. The molecule has 0 aromatic heterocycles. The van der Waals surface area contributed by atoms with E-state index in [1.165, 1.54) is 0 Å². The Kier molecular flexibility index (Phi) is 5.91. The van der Waals surface area contributed by atoms with Gasteiger partial charge in [0.25, 0.3) is 5.91 Å². The molecule has 0 bridgehead atoms. The highest BCUT2D eigenvalue weighted by Crippen LogP contribution is 2.26. The molecule has 2 aromatic rings. The van der Waals surface area contributed by atoms with Crippen LogP contribution < -0.4 is 10.1 Å². The minimum Gasteiger partial charge on any atom is -0.481 e. The fraction of sp³-hybridized carbons (Fsp3) is 0.278. The van der Waals surface area contributed by atoms with E-state index in [0.717, 1.165) is 16.7 Å². The molecule has 0 saturated carbocycles. The van der Waals surface area contributed by atoms with Gasteiger partial charge in [-0.2, -0.15) is 0 Å². The lowest BCUT2D eigenvalue weighted by Gasteiger charge is -2.16. The van der Waals surface area contributed by atoms with E-state index in [0.29, 0.717) is 22.3 Å². The van der Waals surface area contributed by atoms with E-state index >= 15 is 0 Å². The molecule has 1 atom stereocenters. The summed E-state index contributed by atoms with van der Waals surface area (Å²) in [6.45, 7) is 5.89. The van der Waals surface area contributed by atoms with Gasteiger partial charge in [-0.25, -0.2) is 0 Å². The molecule has 0 fully saturated rings. The first-order valence-corrected chi connectivity index (χ1v) is 8.08. The van der Waals surface area contributed by atoms with Crippen molar-refractivity contribution in [3.05, 3.63) is 63.1 Å². The molecular weight excluding hydrogens is 333 g/mol. The van der Waals surface area contributed by atoms with Gasteiger partial charge in [0.05, 0.1) is 0 Å². The van der Waals surface area contributed by atoms with Crippen molar-refractivity contribution >= 4 is 29.1 Å². The topological polar surface area (TPSA) is 38.3 Å². The third-order valence-corrected chi connectivity index (χ3v) is 4.47. The predicted molar refractivity (Wildman–Crippen MR) is 94.3 cm³/mol. The van der Waals surface area contributed by atoms with Crippen molar-refractivity contribution in [2.45, 2.75) is 33.4 Å². The van der Waals surface area contributed by atoms with E-state index in [9.17, 15) is 4.79 Å². The van der Waals surface area contributed by atoms with Gasteiger partial charge in [-0.05, 0) is 55.7 Å². The predicted octanol–water partition coefficient (Wildman–Crippen LogP) is 4.69. The quantitative estimate of drug-likeness (QED) is 0.848. The van der Waals surface area contributed by atoms with E-state index in [1.54, 1.807) is 13.0 Å². The summed E-state index contributed by atoms with van der Waals surface area (Å²) in [5.74, 6) is 0.431. The van der Waals surface area contributed by atoms with Crippen molar-refractivity contribution in [1.82, 2.24) is 5.32 Å². The number of rotatable bonds is 5. The Morgan fingerprint density at radius 1 is 1.17 bits per heavy atom. The summed E-state index contributed by atoms with van der Waals surface area (Å²) in [6.07, 6.45) is -0.613. The van der Waals surface area contributed by atoms with Crippen LogP contribution in [0.15, 0.2) is 36.4 Å². The van der Waals surface area contributed by atoms with E-state index < -0.39 is 6.10 Å². The summed E-state index contributed by atoms with van der Waals surface area (Å²) in [5, 5.41) is 4.17. The van der Waals surface area contributed by atoms with Crippen molar-refractivity contribution < 1.29 is 9.53 Å². The zero-order valence-corrected chi connectivity index (χ0v) is 14.8. The van der Waals surface area contributed by atoms with Crippen LogP contribution in [-0.2, 0) is 11.3 Å². The standard InChI is InChI=1S/C18H19Cl2NO2/c1-11-8-15(9-12(2)17(11)20)23-13(3)18(22)21-10-14-6-4-5-7-16(14)19/h4-9,13H,10H2,1-3H3,(H,21,22)/t13-/m0/s1. The molecule has 2 aromatic carbocycles. The Bertz CT molecular complexity index is 693. The van der Waals surface area contributed by atoms with Crippen LogP contribution in [0.4, 0.5) is 0 Å². The fourth-order valence-corrected chi connectivity index (χ4v) is 2.51. The molecule has 5 heteroatoms. The first kappa shape index (κ1) is 17.6. The Labute approximate surface area is 146 Å². The highest BCUT2D eigenvalue weighted by atomic mass is 35.5. The van der Waals surface area contributed by atoms with Crippen LogP contribution in [0.3, 0.4) is 0 Å². The van der Waals surface area contributed by atoms with Crippen LogP contribution in [0.25, 0.3) is 0 Å². The Morgan fingerprint density at radius 3 is 2.39 bits per heavy atom. The number of carbonyl (C=O) groups excluding carboxylic acids is 1. The SMILES string of the molecule is Cc1cc(O[C@@H](C)C(=O)NCc2ccccc2Cl)cc(C)c1Cl. The number of benzene rings is 2. The number of amides is 1. The molecule has 0 aliphatic rings. The van der Waals surface area contributed by atoms with Crippen molar-refractivity contribution in [3.8, 4) is 5.75 Å². The smallest absolute Gasteiger partial charge is 0.261 e. The molecular formula is C18H19Cl2NO2. The Hall–Kier alpha value is -1.71. The van der Waals surface area contributed by atoms with Crippen LogP contribution in [-0.4, -0.2) is 12.0 Å². The highest BCUT2D eigenvalue weighted by Gasteiger charge is 2.15. The molecule has 0 saturated heterocycles. The number of hydrogen-bond acceptors (Lipinski definition) is 2. The maximum absolute atomic E-state index is 12.2. The lowest BCUT2D eigenvalue weighted by molar-refractivity contribution is -0.127. The minimum absolute atomic E-state index is 0.199. The van der Waals surface area contributed by atoms with Crippen LogP contribution in [0.5, 0.6) is 5.75 Å². The summed E-state index contributed by atoms with van der Waals surface area (Å²) in [4.78, 5) is 12.2. The number of carbonyl (C=O) groups is 1. The number of aryl methyl sites for hydroxylation is 2. The number of nitrogens with one attached hydrogen (secondary N) is 1. The third kappa shape index (κ3) is 4.63. The molecule has 23 heavy (non-hydrogen) atoms. The first-order valence-electron chi connectivity index (χ1n) is 7.33. The third-order valence-electron chi connectivity index (χ3n) is 3.50. The fourth-order valence-electron chi connectivity index (χ4n) is 2.20. The lowest BCUT2D eigenvalue weighted by Crippen LogP contribution is -2.36. The second-order valence-corrected chi connectivity index (χ2v) is 6.23. The minimum atomic E-state index is -0.613. The molecule has 0 unspecified atom stereocenters. The molecule has 2 rings (SSSR count). The average molecular weight is 352 g/mol. The van der Waals surface area contributed by atoms with Gasteiger partial charge in [0.2, 0.25) is 0 Å². The monoisotopic (exact) mass is 351 g/mol. The van der Waals surface area contributed by atoms with Crippen LogP contribution >= 0.6 is 23.2 Å². The summed E-state index contributed by atoms with van der Waals surface area (Å²) >= 11 is 12.2. The van der Waals surface area contributed by atoms with Gasteiger partial charge < -0.3 is 10.1 Å². The largest absolute Gasteiger partial charge is 0.481 e. The van der Waals surface area contributed by atoms with E-state index in [-0.39, 0.29) is 5.91 Å².